The lowest BCUT2D eigenvalue weighted by atomic mass is 9.98. The lowest BCUT2D eigenvalue weighted by molar-refractivity contribution is 0.459. The predicted octanol–water partition coefficient (Wildman–Crippen LogP) is 13.4. The molecule has 6 heteroatoms. The van der Waals surface area contributed by atoms with E-state index in [-0.39, 0.29) is 12.2 Å². The summed E-state index contributed by atoms with van der Waals surface area (Å²) >= 11 is 1.86. The van der Waals surface area contributed by atoms with E-state index in [4.69, 9.17) is 0 Å². The van der Waals surface area contributed by atoms with Crippen molar-refractivity contribution in [3.8, 4) is 16.8 Å². The van der Waals surface area contributed by atoms with E-state index in [2.05, 4.69) is 213 Å². The Morgan fingerprint density at radius 1 is 0.475 bits per heavy atom. The molecule has 0 radical (unpaired) electrons. The Bertz CT molecular complexity index is 3620. The van der Waals surface area contributed by atoms with Gasteiger partial charge in [-0.05, 0) is 111 Å². The number of hydrogen-bond donors (Lipinski definition) is 2. The van der Waals surface area contributed by atoms with E-state index in [1.807, 2.05) is 24.2 Å². The van der Waals surface area contributed by atoms with Crippen molar-refractivity contribution in [2.45, 2.75) is 12.2 Å². The van der Waals surface area contributed by atoms with Gasteiger partial charge in [0.2, 0.25) is 0 Å². The minimum atomic E-state index is -0.119. The first kappa shape index (κ1) is 34.5. The number of nitrogens with one attached hydrogen (secondary N) is 2. The third-order valence-electron chi connectivity index (χ3n) is 12.7. The first-order valence-electron chi connectivity index (χ1n) is 20.8. The van der Waals surface area contributed by atoms with Gasteiger partial charge in [0, 0.05) is 44.5 Å². The highest BCUT2D eigenvalue weighted by molar-refractivity contribution is 8.12. The van der Waals surface area contributed by atoms with E-state index in [0.29, 0.717) is 0 Å². The fourth-order valence-electron chi connectivity index (χ4n) is 9.90. The SMILES string of the molecule is C1=C(c2ccccc2)SC2=C(n3c4ccc(-c5ccc6c(c5)c5c7ccccc7ccc5n6-c5ccccc5)cc4c4c5ccccc5ccc43)NC(c3ccncc3)NC12. The molecule has 288 valence electrons. The van der Waals surface area contributed by atoms with Crippen molar-refractivity contribution >= 4 is 87.6 Å². The highest BCUT2D eigenvalue weighted by atomic mass is 32.2. The summed E-state index contributed by atoms with van der Waals surface area (Å²) in [5, 5.41) is 17.9. The maximum absolute atomic E-state index is 4.34. The molecule has 8 aromatic carbocycles. The maximum atomic E-state index is 4.34. The number of para-hydroxylation sites is 1. The number of rotatable bonds is 5. The van der Waals surface area contributed by atoms with Crippen molar-refractivity contribution in [2.75, 3.05) is 0 Å². The summed E-state index contributed by atoms with van der Waals surface area (Å²) in [6, 6.07) is 66.5. The topological polar surface area (TPSA) is 46.8 Å². The van der Waals surface area contributed by atoms with Gasteiger partial charge in [0.15, 0.2) is 0 Å². The highest BCUT2D eigenvalue weighted by Crippen LogP contribution is 2.49. The molecule has 2 unspecified atom stereocenters. The van der Waals surface area contributed by atoms with Crippen LogP contribution in [0.2, 0.25) is 0 Å². The van der Waals surface area contributed by atoms with Gasteiger partial charge in [-0.3, -0.25) is 14.9 Å². The zero-order valence-electron chi connectivity index (χ0n) is 33.0. The Hall–Kier alpha value is -7.38. The zero-order valence-corrected chi connectivity index (χ0v) is 33.8. The Labute approximate surface area is 356 Å². The highest BCUT2D eigenvalue weighted by Gasteiger charge is 2.35. The molecule has 5 nitrogen and oxygen atoms in total. The van der Waals surface area contributed by atoms with E-state index >= 15 is 0 Å². The van der Waals surface area contributed by atoms with Crippen molar-refractivity contribution in [3.05, 3.63) is 216 Å². The second-order valence-electron chi connectivity index (χ2n) is 16.0. The van der Waals surface area contributed by atoms with Crippen LogP contribution in [0.15, 0.2) is 205 Å². The number of aromatic nitrogens is 3. The number of benzene rings is 8. The van der Waals surface area contributed by atoms with Crippen LogP contribution in [0.4, 0.5) is 0 Å². The average Bonchev–Trinajstić information content (AvgIpc) is 4.02. The largest absolute Gasteiger partial charge is 0.351 e. The molecule has 0 bridgehead atoms. The minimum absolute atomic E-state index is 0.0303. The third-order valence-corrected chi connectivity index (χ3v) is 13.9. The predicted molar refractivity (Wildman–Crippen MR) is 256 cm³/mol. The summed E-state index contributed by atoms with van der Waals surface area (Å²) in [5.41, 5.74) is 10.7. The minimum Gasteiger partial charge on any atom is -0.351 e. The molecule has 5 heterocycles. The maximum Gasteiger partial charge on any atom is 0.124 e. The van der Waals surface area contributed by atoms with Crippen LogP contribution in [0, 0.1) is 0 Å². The van der Waals surface area contributed by atoms with Gasteiger partial charge < -0.3 is 9.88 Å². The Balaban J connectivity index is 1.05. The molecule has 2 aliphatic rings. The molecule has 0 saturated carbocycles. The van der Waals surface area contributed by atoms with Crippen molar-refractivity contribution in [1.29, 1.82) is 0 Å². The smallest absolute Gasteiger partial charge is 0.124 e. The van der Waals surface area contributed by atoms with Crippen LogP contribution < -0.4 is 10.6 Å². The second kappa shape index (κ2) is 13.6. The van der Waals surface area contributed by atoms with Crippen LogP contribution >= 0.6 is 11.8 Å². The number of hydrogen-bond acceptors (Lipinski definition) is 4. The fraction of sp³-hybridized carbons (Fsp3) is 0.0364. The summed E-state index contributed by atoms with van der Waals surface area (Å²) in [4.78, 5) is 6.86. The molecule has 2 aliphatic heterocycles. The number of nitrogens with zero attached hydrogens (tertiary/aromatic N) is 3. The number of thioether (sulfide) groups is 1. The molecule has 11 aromatic rings. The van der Waals surface area contributed by atoms with E-state index < -0.39 is 0 Å². The molecule has 13 rings (SSSR count). The van der Waals surface area contributed by atoms with Crippen molar-refractivity contribution < 1.29 is 0 Å². The lowest BCUT2D eigenvalue weighted by Crippen LogP contribution is -2.45. The van der Waals surface area contributed by atoms with Gasteiger partial charge in [-0.25, -0.2) is 0 Å². The van der Waals surface area contributed by atoms with Crippen molar-refractivity contribution in [3.63, 3.8) is 0 Å². The molecule has 0 saturated heterocycles. The van der Waals surface area contributed by atoms with Gasteiger partial charge in [0.25, 0.3) is 0 Å². The summed E-state index contributed by atoms with van der Waals surface area (Å²) in [5.74, 6) is 1.10. The summed E-state index contributed by atoms with van der Waals surface area (Å²) in [7, 11) is 0. The monoisotopic (exact) mass is 799 g/mol. The molecule has 0 amide bonds. The standard InChI is InChI=1S/C55H37N5S/c1-3-13-36(14-4-1)50-33-45-53(61-50)55(58-54(57-45)37-27-29-56-30-28-37)60-47-24-22-39(32-44(47)52-42-18-10-8-12-35(42)20-26-49(52)60)38-21-23-46-43(31-38)51-41-17-9-7-11-34(41)19-25-48(51)59(46)40-15-5-2-6-16-40/h1-33,45,54,57-58H. The molecule has 2 N–H and O–H groups in total. The lowest BCUT2D eigenvalue weighted by Gasteiger charge is -2.34. The van der Waals surface area contributed by atoms with Crippen molar-refractivity contribution in [1.82, 2.24) is 24.8 Å². The fourth-order valence-corrected chi connectivity index (χ4v) is 11.1. The molecular formula is C55H37N5S. The summed E-state index contributed by atoms with van der Waals surface area (Å²) in [6.45, 7) is 0. The Morgan fingerprint density at radius 3 is 1.69 bits per heavy atom. The summed E-state index contributed by atoms with van der Waals surface area (Å²) in [6.07, 6.45) is 6.02. The van der Waals surface area contributed by atoms with Crippen LogP contribution in [0.25, 0.3) is 92.7 Å². The molecule has 3 aromatic heterocycles. The molecule has 2 atom stereocenters. The summed E-state index contributed by atoms with van der Waals surface area (Å²) < 4.78 is 4.90. The van der Waals surface area contributed by atoms with Crippen LogP contribution in [-0.2, 0) is 0 Å². The number of pyridine rings is 1. The Morgan fingerprint density at radius 2 is 1.03 bits per heavy atom. The Kier molecular flexibility index (Phi) is 7.67. The van der Waals surface area contributed by atoms with Gasteiger partial charge in [-0.15, -0.1) is 0 Å². The van der Waals surface area contributed by atoms with Crippen LogP contribution in [0.5, 0.6) is 0 Å². The average molecular weight is 800 g/mol. The van der Waals surface area contributed by atoms with Gasteiger partial charge in [0.1, 0.15) is 12.0 Å². The van der Waals surface area contributed by atoms with Gasteiger partial charge in [-0.2, -0.15) is 0 Å². The van der Waals surface area contributed by atoms with E-state index in [1.54, 1.807) is 0 Å². The van der Waals surface area contributed by atoms with E-state index in [1.165, 1.54) is 91.7 Å². The van der Waals surface area contributed by atoms with Crippen LogP contribution in [0.1, 0.15) is 17.3 Å². The third kappa shape index (κ3) is 5.36. The van der Waals surface area contributed by atoms with Gasteiger partial charge >= 0.3 is 0 Å². The first-order valence-corrected chi connectivity index (χ1v) is 21.7. The van der Waals surface area contributed by atoms with Gasteiger partial charge in [-0.1, -0.05) is 133 Å². The number of fused-ring (bicyclic) bond motifs is 11. The van der Waals surface area contributed by atoms with Crippen LogP contribution in [-0.4, -0.2) is 20.2 Å². The zero-order chi connectivity index (χ0) is 40.0. The van der Waals surface area contributed by atoms with E-state index in [0.717, 1.165) is 17.1 Å². The molecular weight excluding hydrogens is 763 g/mol. The van der Waals surface area contributed by atoms with Gasteiger partial charge in [0.05, 0.1) is 33.0 Å². The van der Waals surface area contributed by atoms with E-state index in [9.17, 15) is 0 Å². The molecule has 0 aliphatic carbocycles. The molecule has 0 fully saturated rings. The normalized spacial score (nSPS) is 16.6. The van der Waals surface area contributed by atoms with Crippen molar-refractivity contribution in [2.24, 2.45) is 0 Å². The second-order valence-corrected chi connectivity index (χ2v) is 17.1. The molecule has 61 heavy (non-hydrogen) atoms. The quantitative estimate of drug-likeness (QED) is 0.182. The first-order chi connectivity index (χ1) is 30.2. The van der Waals surface area contributed by atoms with Crippen LogP contribution in [0.3, 0.4) is 0 Å². The molecule has 0 spiro atoms.